The van der Waals surface area contributed by atoms with Crippen LogP contribution < -0.4 is 24.0 Å². The van der Waals surface area contributed by atoms with Gasteiger partial charge in [0, 0.05) is 47.7 Å². The normalized spacial score (nSPS) is 13.7. The van der Waals surface area contributed by atoms with E-state index >= 15 is 0 Å². The van der Waals surface area contributed by atoms with Crippen LogP contribution >= 0.6 is 23.2 Å². The molecule has 0 unspecified atom stereocenters. The summed E-state index contributed by atoms with van der Waals surface area (Å²) in [6, 6.07) is 9.11. The molecule has 4 aromatic rings. The van der Waals surface area contributed by atoms with Crippen LogP contribution in [0.1, 0.15) is 5.56 Å². The predicted molar refractivity (Wildman–Crippen MR) is 140 cm³/mol. The molecule has 1 fully saturated rings. The maximum atomic E-state index is 6.05. The van der Waals surface area contributed by atoms with E-state index in [0.717, 1.165) is 48.5 Å². The van der Waals surface area contributed by atoms with E-state index in [0.29, 0.717) is 39.8 Å². The van der Waals surface area contributed by atoms with E-state index in [4.69, 9.17) is 37.4 Å². The van der Waals surface area contributed by atoms with Crippen LogP contribution in [0.2, 0.25) is 10.0 Å². The number of aromatic nitrogens is 4. The summed E-state index contributed by atoms with van der Waals surface area (Å²) in [6.45, 7) is 3.35. The lowest BCUT2D eigenvalue weighted by molar-refractivity contribution is 0.303. The van der Waals surface area contributed by atoms with Crippen LogP contribution in [-0.4, -0.2) is 60.3 Å². The number of anilines is 2. The maximum absolute atomic E-state index is 6.05. The molecule has 1 aliphatic heterocycles. The van der Waals surface area contributed by atoms with Crippen molar-refractivity contribution in [1.29, 1.82) is 0 Å². The minimum atomic E-state index is 0.325. The third-order valence-corrected chi connectivity index (χ3v) is 6.36. The Kier molecular flexibility index (Phi) is 7.11. The second-order valence-electron chi connectivity index (χ2n) is 8.18. The van der Waals surface area contributed by atoms with Gasteiger partial charge in [0.2, 0.25) is 5.95 Å². The lowest BCUT2D eigenvalue weighted by atomic mass is 10.2. The van der Waals surface area contributed by atoms with Crippen LogP contribution in [0.5, 0.6) is 17.2 Å². The van der Waals surface area contributed by atoms with Crippen LogP contribution in [-0.2, 0) is 6.61 Å². The summed E-state index contributed by atoms with van der Waals surface area (Å²) in [6.07, 6.45) is 4.94. The van der Waals surface area contributed by atoms with Gasteiger partial charge in [-0.05, 0) is 29.8 Å². The molecule has 0 aliphatic carbocycles. The number of methoxy groups -OCH3 is 2. The Hall–Kier alpha value is -3.56. The molecule has 5 rings (SSSR count). The molecule has 2 aromatic carbocycles. The highest BCUT2D eigenvalue weighted by molar-refractivity contribution is 6.34. The van der Waals surface area contributed by atoms with E-state index < -0.39 is 0 Å². The fourth-order valence-corrected chi connectivity index (χ4v) is 4.72. The second-order valence-corrected chi connectivity index (χ2v) is 9.05. The predicted octanol–water partition coefficient (Wildman–Crippen LogP) is 4.65. The third kappa shape index (κ3) is 5.17. The van der Waals surface area contributed by atoms with Crippen molar-refractivity contribution in [2.24, 2.45) is 0 Å². The number of hydrogen-bond donors (Lipinski definition) is 0. The number of halogens is 2. The molecule has 2 aromatic heterocycles. The monoisotopic (exact) mass is 526 g/mol. The summed E-state index contributed by atoms with van der Waals surface area (Å²) in [7, 11) is 3.23. The fraction of sp³-hybridized carbons (Fsp3) is 0.280. The SMILES string of the molecule is COc1cc2ncnc(N3CCN(c4ncc(OCc5cc(Cl)cc(Cl)c5)cn4)CC3)c2cc1OC. The summed E-state index contributed by atoms with van der Waals surface area (Å²) >= 11 is 12.1. The van der Waals surface area contributed by atoms with E-state index in [1.165, 1.54) is 0 Å². The lowest BCUT2D eigenvalue weighted by Gasteiger charge is -2.35. The second kappa shape index (κ2) is 10.6. The molecule has 186 valence electrons. The van der Waals surface area contributed by atoms with Crippen molar-refractivity contribution in [3.63, 3.8) is 0 Å². The van der Waals surface area contributed by atoms with Crippen LogP contribution in [0.3, 0.4) is 0 Å². The molecule has 11 heteroatoms. The molecule has 36 heavy (non-hydrogen) atoms. The van der Waals surface area contributed by atoms with E-state index in [9.17, 15) is 0 Å². The van der Waals surface area contributed by atoms with Crippen LogP contribution in [0, 0.1) is 0 Å². The smallest absolute Gasteiger partial charge is 0.225 e. The number of piperazine rings is 1. The van der Waals surface area contributed by atoms with Gasteiger partial charge in [0.1, 0.15) is 18.8 Å². The minimum Gasteiger partial charge on any atom is -0.493 e. The molecular weight excluding hydrogens is 503 g/mol. The topological polar surface area (TPSA) is 85.7 Å². The largest absolute Gasteiger partial charge is 0.493 e. The number of ether oxygens (including phenoxy) is 3. The van der Waals surface area contributed by atoms with Gasteiger partial charge in [-0.25, -0.2) is 19.9 Å². The first kappa shape index (κ1) is 24.1. The average Bonchev–Trinajstić information content (AvgIpc) is 2.90. The van der Waals surface area contributed by atoms with Crippen molar-refractivity contribution in [3.8, 4) is 17.2 Å². The molecule has 0 spiro atoms. The molecular formula is C25H24Cl2N6O3. The van der Waals surface area contributed by atoms with Gasteiger partial charge in [-0.3, -0.25) is 0 Å². The van der Waals surface area contributed by atoms with Crippen LogP contribution in [0.15, 0.2) is 49.1 Å². The van der Waals surface area contributed by atoms with Gasteiger partial charge in [-0.15, -0.1) is 0 Å². The minimum absolute atomic E-state index is 0.325. The Morgan fingerprint density at radius 1 is 0.778 bits per heavy atom. The van der Waals surface area contributed by atoms with Gasteiger partial charge in [0.15, 0.2) is 17.2 Å². The molecule has 0 bridgehead atoms. The zero-order valence-electron chi connectivity index (χ0n) is 19.8. The van der Waals surface area contributed by atoms with Crippen LogP contribution in [0.25, 0.3) is 10.9 Å². The average molecular weight is 527 g/mol. The highest BCUT2D eigenvalue weighted by Crippen LogP contribution is 2.35. The number of fused-ring (bicyclic) bond motifs is 1. The van der Waals surface area contributed by atoms with Crippen molar-refractivity contribution >= 4 is 45.9 Å². The standard InChI is InChI=1S/C25H24Cl2N6O3/c1-34-22-10-20-21(11-23(22)35-2)30-15-31-24(20)32-3-5-33(6-4-32)25-28-12-19(13-29-25)36-14-16-7-17(26)9-18(27)8-16/h7-13,15H,3-6,14H2,1-2H3. The van der Waals surface area contributed by atoms with Gasteiger partial charge >= 0.3 is 0 Å². The molecule has 1 aliphatic rings. The van der Waals surface area contributed by atoms with E-state index in [1.807, 2.05) is 24.3 Å². The quantitative estimate of drug-likeness (QED) is 0.341. The van der Waals surface area contributed by atoms with E-state index in [1.54, 1.807) is 39.0 Å². The van der Waals surface area contributed by atoms with E-state index in [2.05, 4.69) is 29.7 Å². The summed E-state index contributed by atoms with van der Waals surface area (Å²) < 4.78 is 16.7. The zero-order valence-corrected chi connectivity index (χ0v) is 21.3. The van der Waals surface area contributed by atoms with Crippen molar-refractivity contribution in [1.82, 2.24) is 19.9 Å². The number of hydrogen-bond acceptors (Lipinski definition) is 9. The summed E-state index contributed by atoms with van der Waals surface area (Å²) in [5, 5.41) is 2.06. The van der Waals surface area contributed by atoms with E-state index in [-0.39, 0.29) is 0 Å². The van der Waals surface area contributed by atoms with Crippen molar-refractivity contribution in [3.05, 3.63) is 64.7 Å². The van der Waals surface area contributed by atoms with Crippen molar-refractivity contribution in [2.45, 2.75) is 6.61 Å². The molecule has 0 N–H and O–H groups in total. The first-order chi connectivity index (χ1) is 17.5. The first-order valence-corrected chi connectivity index (χ1v) is 12.1. The first-order valence-electron chi connectivity index (χ1n) is 11.3. The number of benzene rings is 2. The molecule has 0 atom stereocenters. The third-order valence-electron chi connectivity index (χ3n) is 5.92. The molecule has 0 radical (unpaired) electrons. The summed E-state index contributed by atoms with van der Waals surface area (Å²) in [4.78, 5) is 22.4. The van der Waals surface area contributed by atoms with Gasteiger partial charge in [0.05, 0.1) is 32.1 Å². The highest BCUT2D eigenvalue weighted by Gasteiger charge is 2.22. The number of nitrogens with zero attached hydrogens (tertiary/aromatic N) is 6. The molecule has 1 saturated heterocycles. The lowest BCUT2D eigenvalue weighted by Crippen LogP contribution is -2.47. The Bertz CT molecular complexity index is 1340. The Morgan fingerprint density at radius 2 is 1.42 bits per heavy atom. The summed E-state index contributed by atoms with van der Waals surface area (Å²) in [5.74, 6) is 3.39. The van der Waals surface area contributed by atoms with Gasteiger partial charge in [-0.2, -0.15) is 0 Å². The highest BCUT2D eigenvalue weighted by atomic mass is 35.5. The van der Waals surface area contributed by atoms with Crippen molar-refractivity contribution in [2.75, 3.05) is 50.2 Å². The Labute approximate surface area is 218 Å². The zero-order chi connectivity index (χ0) is 25.1. The Morgan fingerprint density at radius 3 is 2.08 bits per heavy atom. The Balaban J connectivity index is 1.23. The molecule has 0 amide bonds. The molecule has 3 heterocycles. The van der Waals surface area contributed by atoms with Crippen LogP contribution in [0.4, 0.5) is 11.8 Å². The fourth-order valence-electron chi connectivity index (χ4n) is 4.15. The van der Waals surface area contributed by atoms with Gasteiger partial charge in [0.25, 0.3) is 0 Å². The number of rotatable bonds is 7. The van der Waals surface area contributed by atoms with Crippen molar-refractivity contribution < 1.29 is 14.2 Å². The van der Waals surface area contributed by atoms with Gasteiger partial charge < -0.3 is 24.0 Å². The summed E-state index contributed by atoms with van der Waals surface area (Å²) in [5.41, 5.74) is 1.68. The molecule has 9 nitrogen and oxygen atoms in total. The maximum Gasteiger partial charge on any atom is 0.225 e. The van der Waals surface area contributed by atoms with Gasteiger partial charge in [-0.1, -0.05) is 23.2 Å². The molecule has 0 saturated carbocycles.